The van der Waals surface area contributed by atoms with E-state index in [1.165, 1.54) is 4.57 Å². The van der Waals surface area contributed by atoms with Gasteiger partial charge in [-0.2, -0.15) is 0 Å². The highest BCUT2D eigenvalue weighted by Gasteiger charge is 2.13. The molecule has 0 unspecified atom stereocenters. The van der Waals surface area contributed by atoms with Crippen molar-refractivity contribution >= 4 is 34.9 Å². The van der Waals surface area contributed by atoms with Crippen molar-refractivity contribution in [2.75, 3.05) is 19.6 Å². The zero-order chi connectivity index (χ0) is 19.3. The Morgan fingerprint density at radius 3 is 2.65 bits per heavy atom. The fourth-order valence-electron chi connectivity index (χ4n) is 2.64. The van der Waals surface area contributed by atoms with Crippen LogP contribution in [0.1, 0.15) is 24.2 Å². The number of hydrogen-bond donors (Lipinski definition) is 2. The maximum absolute atomic E-state index is 12.5. The fourth-order valence-corrected chi connectivity index (χ4v) is 2.90. The van der Waals surface area contributed by atoms with Gasteiger partial charge in [0.15, 0.2) is 4.77 Å². The Morgan fingerprint density at radius 1 is 1.35 bits per heavy atom. The summed E-state index contributed by atoms with van der Waals surface area (Å²) in [5, 5.41) is 3.03. The Labute approximate surface area is 156 Å². The Morgan fingerprint density at radius 2 is 2.04 bits per heavy atom. The van der Waals surface area contributed by atoms with Crippen LogP contribution in [-0.4, -0.2) is 45.9 Å². The summed E-state index contributed by atoms with van der Waals surface area (Å²) in [4.78, 5) is 41.3. The van der Waals surface area contributed by atoms with E-state index in [0.29, 0.717) is 36.1 Å². The molecule has 2 amide bonds. The van der Waals surface area contributed by atoms with Gasteiger partial charge in [-0.05, 0) is 44.3 Å². The molecule has 1 aromatic carbocycles. The van der Waals surface area contributed by atoms with E-state index in [0.717, 1.165) is 0 Å². The van der Waals surface area contributed by atoms with Crippen LogP contribution >= 0.6 is 12.2 Å². The van der Waals surface area contributed by atoms with E-state index in [1.807, 2.05) is 13.8 Å². The summed E-state index contributed by atoms with van der Waals surface area (Å²) < 4.78 is 1.66. The lowest BCUT2D eigenvalue weighted by atomic mass is 10.1. The summed E-state index contributed by atoms with van der Waals surface area (Å²) in [6.07, 6.45) is 1.59. The van der Waals surface area contributed by atoms with Crippen LogP contribution in [0.15, 0.2) is 35.6 Å². The molecule has 0 radical (unpaired) electrons. The third kappa shape index (κ3) is 4.08. The van der Waals surface area contributed by atoms with Gasteiger partial charge in [0.2, 0.25) is 5.91 Å². The van der Waals surface area contributed by atoms with Gasteiger partial charge < -0.3 is 15.2 Å². The minimum Gasteiger partial charge on any atom is -0.343 e. The second-order valence-electron chi connectivity index (χ2n) is 5.64. The van der Waals surface area contributed by atoms with Gasteiger partial charge in [-0.25, -0.2) is 0 Å². The lowest BCUT2D eigenvalue weighted by Gasteiger charge is -2.18. The number of nitrogens with zero attached hydrogens (tertiary/aromatic N) is 2. The zero-order valence-corrected chi connectivity index (χ0v) is 15.7. The van der Waals surface area contributed by atoms with Gasteiger partial charge in [-0.15, -0.1) is 6.58 Å². The molecule has 0 aliphatic rings. The van der Waals surface area contributed by atoms with Gasteiger partial charge in [0, 0.05) is 25.2 Å². The predicted octanol–water partition coefficient (Wildman–Crippen LogP) is 1.84. The van der Waals surface area contributed by atoms with Crippen LogP contribution in [0, 0.1) is 4.77 Å². The van der Waals surface area contributed by atoms with Crippen LogP contribution < -0.4 is 10.9 Å². The van der Waals surface area contributed by atoms with Gasteiger partial charge in [-0.1, -0.05) is 6.08 Å². The molecule has 8 heteroatoms. The Balaban J connectivity index is 2.26. The highest BCUT2D eigenvalue weighted by molar-refractivity contribution is 7.71. The molecule has 0 saturated carbocycles. The third-order valence-electron chi connectivity index (χ3n) is 4.07. The van der Waals surface area contributed by atoms with E-state index in [2.05, 4.69) is 16.9 Å². The molecule has 2 N–H and O–H groups in total. The summed E-state index contributed by atoms with van der Waals surface area (Å²) in [6, 6.07) is 4.68. The van der Waals surface area contributed by atoms with Crippen LogP contribution in [-0.2, 0) is 11.3 Å². The number of benzene rings is 1. The molecule has 0 atom stereocenters. The van der Waals surface area contributed by atoms with Crippen LogP contribution in [0.5, 0.6) is 0 Å². The Hall–Kier alpha value is -2.74. The molecule has 0 spiro atoms. The molecule has 1 aromatic heterocycles. The molecule has 2 aromatic rings. The molecule has 0 aliphatic carbocycles. The second kappa shape index (κ2) is 8.57. The van der Waals surface area contributed by atoms with Crippen molar-refractivity contribution < 1.29 is 9.59 Å². The standard InChI is InChI=1S/C18H22N4O3S/c1-4-9-22-17(25)13-8-7-12(10-14(13)20-18(22)26)16(24)19-11-15(23)21(5-2)6-3/h4,7-8,10H,1,5-6,9,11H2,2-3H3,(H,19,24)(H,20,26). The molecule has 7 nitrogen and oxygen atoms in total. The number of allylic oxidation sites excluding steroid dienone is 1. The molecule has 138 valence electrons. The molecular weight excluding hydrogens is 352 g/mol. The monoisotopic (exact) mass is 374 g/mol. The van der Waals surface area contributed by atoms with E-state index in [-0.39, 0.29) is 28.7 Å². The van der Waals surface area contributed by atoms with E-state index >= 15 is 0 Å². The van der Waals surface area contributed by atoms with E-state index in [9.17, 15) is 14.4 Å². The number of aromatic nitrogens is 2. The lowest BCUT2D eigenvalue weighted by molar-refractivity contribution is -0.129. The van der Waals surface area contributed by atoms with Gasteiger partial charge in [0.25, 0.3) is 11.5 Å². The average molecular weight is 374 g/mol. The van der Waals surface area contributed by atoms with E-state index in [4.69, 9.17) is 12.2 Å². The fraction of sp³-hybridized carbons (Fsp3) is 0.333. The maximum atomic E-state index is 12.5. The number of hydrogen-bond acceptors (Lipinski definition) is 4. The molecule has 0 fully saturated rings. The molecule has 26 heavy (non-hydrogen) atoms. The molecule has 0 saturated heterocycles. The van der Waals surface area contributed by atoms with Crippen molar-refractivity contribution in [3.05, 3.63) is 51.5 Å². The third-order valence-corrected chi connectivity index (χ3v) is 4.39. The van der Waals surface area contributed by atoms with Gasteiger partial charge in [0.1, 0.15) is 0 Å². The number of H-pyrrole nitrogens is 1. The quantitative estimate of drug-likeness (QED) is 0.572. The van der Waals surface area contributed by atoms with Crippen molar-refractivity contribution in [1.29, 1.82) is 0 Å². The maximum Gasteiger partial charge on any atom is 0.262 e. The van der Waals surface area contributed by atoms with Crippen LogP contribution in [0.3, 0.4) is 0 Å². The van der Waals surface area contributed by atoms with Crippen molar-refractivity contribution in [2.24, 2.45) is 0 Å². The van der Waals surface area contributed by atoms with Crippen LogP contribution in [0.4, 0.5) is 0 Å². The first-order chi connectivity index (χ1) is 12.4. The number of carbonyl (C=O) groups excluding carboxylic acids is 2. The van der Waals surface area contributed by atoms with Gasteiger partial charge >= 0.3 is 0 Å². The van der Waals surface area contributed by atoms with E-state index < -0.39 is 0 Å². The first kappa shape index (κ1) is 19.6. The largest absolute Gasteiger partial charge is 0.343 e. The highest BCUT2D eigenvalue weighted by Crippen LogP contribution is 2.11. The van der Waals surface area contributed by atoms with Crippen molar-refractivity contribution in [2.45, 2.75) is 20.4 Å². The molecule has 1 heterocycles. The molecule has 0 aliphatic heterocycles. The number of nitrogens with one attached hydrogen (secondary N) is 2. The first-order valence-corrected chi connectivity index (χ1v) is 8.77. The van der Waals surface area contributed by atoms with Crippen molar-refractivity contribution in [3.63, 3.8) is 0 Å². The van der Waals surface area contributed by atoms with Gasteiger partial charge in [-0.3, -0.25) is 19.0 Å². The topological polar surface area (TPSA) is 87.2 Å². The molecule has 0 bridgehead atoms. The summed E-state index contributed by atoms with van der Waals surface area (Å²) in [5.74, 6) is -0.530. The first-order valence-electron chi connectivity index (χ1n) is 8.36. The predicted molar refractivity (Wildman–Crippen MR) is 104 cm³/mol. The number of aromatic amines is 1. The lowest BCUT2D eigenvalue weighted by Crippen LogP contribution is -2.40. The number of rotatable bonds is 7. The normalized spacial score (nSPS) is 10.5. The van der Waals surface area contributed by atoms with E-state index in [1.54, 1.807) is 29.2 Å². The smallest absolute Gasteiger partial charge is 0.262 e. The summed E-state index contributed by atoms with van der Waals surface area (Å²) in [7, 11) is 0. The minimum atomic E-state index is -0.387. The minimum absolute atomic E-state index is 0.0739. The zero-order valence-electron chi connectivity index (χ0n) is 14.9. The van der Waals surface area contributed by atoms with Gasteiger partial charge in [0.05, 0.1) is 17.4 Å². The summed E-state index contributed by atoms with van der Waals surface area (Å²) in [5.41, 5.74) is 0.576. The SMILES string of the molecule is C=CCn1c(=S)[nH]c2cc(C(=O)NCC(=O)N(CC)CC)ccc2c1=O. The summed E-state index contributed by atoms with van der Waals surface area (Å²) in [6.45, 7) is 8.79. The van der Waals surface area contributed by atoms with Crippen LogP contribution in [0.2, 0.25) is 0 Å². The Kier molecular flexibility index (Phi) is 6.46. The number of fused-ring (bicyclic) bond motifs is 1. The highest BCUT2D eigenvalue weighted by atomic mass is 32.1. The number of likely N-dealkylation sites (N-methyl/N-ethyl adjacent to an activating group) is 1. The Bertz CT molecular complexity index is 957. The molecule has 2 rings (SSSR count). The summed E-state index contributed by atoms with van der Waals surface area (Å²) >= 11 is 5.19. The van der Waals surface area contributed by atoms with Crippen molar-refractivity contribution in [3.8, 4) is 0 Å². The van der Waals surface area contributed by atoms with Crippen molar-refractivity contribution in [1.82, 2.24) is 19.8 Å². The second-order valence-corrected chi connectivity index (χ2v) is 6.03. The number of carbonyl (C=O) groups is 2. The average Bonchev–Trinajstić information content (AvgIpc) is 2.63. The van der Waals surface area contributed by atoms with Crippen LogP contribution in [0.25, 0.3) is 10.9 Å². The number of amides is 2. The molecular formula is C18H22N4O3S.